The predicted molar refractivity (Wildman–Crippen MR) is 43.1 cm³/mol. The largest absolute Gasteiger partial charge is 0.488 e. The normalized spacial score (nSPS) is 42.6. The summed E-state index contributed by atoms with van der Waals surface area (Å²) in [6, 6.07) is 0. The fraction of sp³-hybridized carbons (Fsp3) is 1.00. The summed E-state index contributed by atoms with van der Waals surface area (Å²) < 4.78 is 11.0. The molecule has 3 heteroatoms. The molecule has 0 spiro atoms. The van der Waals surface area contributed by atoms with Crippen LogP contribution in [0.25, 0.3) is 0 Å². The predicted octanol–water partition coefficient (Wildman–Crippen LogP) is 1.51. The molecule has 2 atom stereocenters. The molecule has 2 aliphatic rings. The van der Waals surface area contributed by atoms with Crippen molar-refractivity contribution in [2.45, 2.75) is 44.8 Å². The Morgan fingerprint density at radius 2 is 2.36 bits per heavy atom. The second-order valence-electron chi connectivity index (χ2n) is 3.84. The first-order valence-electron chi connectivity index (χ1n) is 4.41. The smallest absolute Gasteiger partial charge is 0.407 e. The first kappa shape index (κ1) is 7.62. The molecule has 0 amide bonds. The van der Waals surface area contributed by atoms with E-state index in [9.17, 15) is 0 Å². The first-order chi connectivity index (χ1) is 5.26. The van der Waals surface area contributed by atoms with E-state index in [0.717, 1.165) is 12.8 Å². The highest BCUT2D eigenvalue weighted by Crippen LogP contribution is 2.43. The molecular weight excluding hydrogens is 139 g/mol. The number of hydrogen-bond acceptors (Lipinski definition) is 2. The van der Waals surface area contributed by atoms with Crippen LogP contribution in [0.1, 0.15) is 33.1 Å². The summed E-state index contributed by atoms with van der Waals surface area (Å²) in [4.78, 5) is 0. The molecule has 2 fully saturated rings. The number of hydrogen-bond donors (Lipinski definition) is 0. The van der Waals surface area contributed by atoms with Crippen molar-refractivity contribution in [3.63, 3.8) is 0 Å². The Hall–Kier alpha value is -0.0151. The molecule has 0 aromatic heterocycles. The molecule has 0 unspecified atom stereocenters. The standard InChI is InChI=1S/C8H14BO2/c1-6(2)8-5-3-4-7(8)10-9-11-8/h6-7H,3-5H2,1-2H3/t7-,8-/m0/s1. The second-order valence-corrected chi connectivity index (χ2v) is 3.84. The summed E-state index contributed by atoms with van der Waals surface area (Å²) >= 11 is 0. The van der Waals surface area contributed by atoms with Crippen LogP contribution < -0.4 is 0 Å². The molecular formula is C8H14BO2. The van der Waals surface area contributed by atoms with Crippen LogP contribution >= 0.6 is 0 Å². The zero-order chi connectivity index (χ0) is 7.90. The van der Waals surface area contributed by atoms with E-state index in [-0.39, 0.29) is 5.60 Å². The van der Waals surface area contributed by atoms with Crippen LogP contribution in [0.4, 0.5) is 0 Å². The lowest BCUT2D eigenvalue weighted by molar-refractivity contribution is 0.0170. The molecule has 0 N–H and O–H groups in total. The Morgan fingerprint density at radius 1 is 1.55 bits per heavy atom. The van der Waals surface area contributed by atoms with E-state index in [0.29, 0.717) is 12.0 Å². The quantitative estimate of drug-likeness (QED) is 0.531. The minimum absolute atomic E-state index is 0.0278. The molecule has 1 saturated carbocycles. The molecule has 0 aromatic rings. The summed E-state index contributed by atoms with van der Waals surface area (Å²) in [5.41, 5.74) is 0.0278. The molecule has 2 rings (SSSR count). The molecule has 11 heavy (non-hydrogen) atoms. The highest BCUT2D eigenvalue weighted by molar-refractivity contribution is 6.19. The molecule has 1 heterocycles. The van der Waals surface area contributed by atoms with Gasteiger partial charge in [0.1, 0.15) is 0 Å². The van der Waals surface area contributed by atoms with E-state index in [4.69, 9.17) is 9.31 Å². The van der Waals surface area contributed by atoms with Gasteiger partial charge in [0.15, 0.2) is 0 Å². The molecule has 61 valence electrons. The van der Waals surface area contributed by atoms with Crippen LogP contribution in [0.5, 0.6) is 0 Å². The van der Waals surface area contributed by atoms with Crippen LogP contribution in [0.3, 0.4) is 0 Å². The lowest BCUT2D eigenvalue weighted by Gasteiger charge is -2.32. The third-order valence-corrected chi connectivity index (χ3v) is 3.04. The van der Waals surface area contributed by atoms with Gasteiger partial charge in [-0.2, -0.15) is 0 Å². The molecule has 1 saturated heterocycles. The first-order valence-corrected chi connectivity index (χ1v) is 4.41. The van der Waals surface area contributed by atoms with Gasteiger partial charge in [0.2, 0.25) is 0 Å². The lowest BCUT2D eigenvalue weighted by atomic mass is 9.87. The topological polar surface area (TPSA) is 18.5 Å². The molecule has 1 radical (unpaired) electrons. The van der Waals surface area contributed by atoms with E-state index >= 15 is 0 Å². The summed E-state index contributed by atoms with van der Waals surface area (Å²) in [6.45, 7) is 4.42. The van der Waals surface area contributed by atoms with Gasteiger partial charge in [0, 0.05) is 0 Å². The zero-order valence-electron chi connectivity index (χ0n) is 7.17. The monoisotopic (exact) mass is 153 g/mol. The van der Waals surface area contributed by atoms with E-state index in [1.54, 1.807) is 0 Å². The van der Waals surface area contributed by atoms with Gasteiger partial charge >= 0.3 is 7.69 Å². The van der Waals surface area contributed by atoms with Crippen LogP contribution in [0.2, 0.25) is 0 Å². The summed E-state index contributed by atoms with van der Waals surface area (Å²) in [6.07, 6.45) is 3.90. The summed E-state index contributed by atoms with van der Waals surface area (Å²) in [5, 5.41) is 0. The summed E-state index contributed by atoms with van der Waals surface area (Å²) in [5.74, 6) is 0.564. The van der Waals surface area contributed by atoms with Crippen molar-refractivity contribution >= 4 is 7.69 Å². The van der Waals surface area contributed by atoms with Crippen LogP contribution in [0.15, 0.2) is 0 Å². The molecule has 0 aromatic carbocycles. The minimum atomic E-state index is 0.0278. The van der Waals surface area contributed by atoms with Crippen molar-refractivity contribution in [1.82, 2.24) is 0 Å². The van der Waals surface area contributed by atoms with Gasteiger partial charge in [0.25, 0.3) is 0 Å². The van der Waals surface area contributed by atoms with Gasteiger partial charge in [-0.15, -0.1) is 0 Å². The fourth-order valence-electron chi connectivity index (χ4n) is 2.27. The fourth-order valence-corrected chi connectivity index (χ4v) is 2.27. The van der Waals surface area contributed by atoms with Crippen molar-refractivity contribution in [3.8, 4) is 0 Å². The van der Waals surface area contributed by atoms with E-state index in [1.807, 2.05) is 0 Å². The second kappa shape index (κ2) is 2.49. The van der Waals surface area contributed by atoms with Gasteiger partial charge in [-0.1, -0.05) is 13.8 Å². The SMILES string of the molecule is CC(C)[C@@]12CCC[C@@H]1O[B]O2. The minimum Gasteiger partial charge on any atom is -0.407 e. The van der Waals surface area contributed by atoms with Crippen LogP contribution in [0, 0.1) is 5.92 Å². The van der Waals surface area contributed by atoms with Crippen LogP contribution in [-0.4, -0.2) is 19.4 Å². The Kier molecular flexibility index (Phi) is 1.73. The van der Waals surface area contributed by atoms with Gasteiger partial charge in [-0.05, 0) is 25.2 Å². The molecule has 1 aliphatic carbocycles. The van der Waals surface area contributed by atoms with Gasteiger partial charge < -0.3 is 9.31 Å². The highest BCUT2D eigenvalue weighted by Gasteiger charge is 2.50. The molecule has 2 nitrogen and oxygen atoms in total. The third kappa shape index (κ3) is 0.943. The van der Waals surface area contributed by atoms with E-state index in [2.05, 4.69) is 13.8 Å². The van der Waals surface area contributed by atoms with Crippen molar-refractivity contribution in [2.24, 2.45) is 5.92 Å². The van der Waals surface area contributed by atoms with Crippen molar-refractivity contribution in [2.75, 3.05) is 0 Å². The lowest BCUT2D eigenvalue weighted by Crippen LogP contribution is -2.40. The number of rotatable bonds is 1. The van der Waals surface area contributed by atoms with E-state index < -0.39 is 0 Å². The maximum atomic E-state index is 5.58. The van der Waals surface area contributed by atoms with Crippen molar-refractivity contribution in [3.05, 3.63) is 0 Å². The van der Waals surface area contributed by atoms with Gasteiger partial charge in [-0.25, -0.2) is 0 Å². The average molecular weight is 153 g/mol. The van der Waals surface area contributed by atoms with Crippen molar-refractivity contribution < 1.29 is 9.31 Å². The van der Waals surface area contributed by atoms with Gasteiger partial charge in [-0.3, -0.25) is 0 Å². The Balaban J connectivity index is 2.20. The van der Waals surface area contributed by atoms with Crippen molar-refractivity contribution in [1.29, 1.82) is 0 Å². The molecule has 0 bridgehead atoms. The maximum absolute atomic E-state index is 5.58. The highest BCUT2D eigenvalue weighted by atomic mass is 16.6. The Bertz CT molecular complexity index is 148. The van der Waals surface area contributed by atoms with Crippen LogP contribution in [-0.2, 0) is 9.31 Å². The summed E-state index contributed by atoms with van der Waals surface area (Å²) in [7, 11) is 1.53. The average Bonchev–Trinajstić information content (AvgIpc) is 2.40. The van der Waals surface area contributed by atoms with E-state index in [1.165, 1.54) is 14.1 Å². The number of fused-ring (bicyclic) bond motifs is 1. The zero-order valence-corrected chi connectivity index (χ0v) is 7.17. The Labute approximate surface area is 68.6 Å². The maximum Gasteiger partial charge on any atom is 0.488 e. The van der Waals surface area contributed by atoms with Gasteiger partial charge in [0.05, 0.1) is 11.7 Å². The third-order valence-electron chi connectivity index (χ3n) is 3.04. The Morgan fingerprint density at radius 3 is 3.00 bits per heavy atom. The molecule has 1 aliphatic heterocycles.